The maximum Gasteiger partial charge on any atom is 0.280 e. The van der Waals surface area contributed by atoms with Crippen molar-refractivity contribution in [2.24, 2.45) is 0 Å². The number of benzene rings is 1. The maximum atomic E-state index is 13.8. The lowest BCUT2D eigenvalue weighted by molar-refractivity contribution is -0.119. The minimum Gasteiger partial charge on any atom is -0.493 e. The number of rotatable bonds is 5. The Morgan fingerprint density at radius 3 is 2.81 bits per heavy atom. The van der Waals surface area contributed by atoms with E-state index in [0.717, 1.165) is 4.57 Å². The number of ether oxygens (including phenoxy) is 1. The number of fused-ring (bicyclic) bond motifs is 1. The number of aromatic nitrogens is 3. The van der Waals surface area contributed by atoms with Crippen molar-refractivity contribution >= 4 is 32.7 Å². The summed E-state index contributed by atoms with van der Waals surface area (Å²) in [5, 5.41) is 0. The van der Waals surface area contributed by atoms with Gasteiger partial charge in [-0.15, -0.1) is 0 Å². The predicted octanol–water partition coefficient (Wildman–Crippen LogP) is 3.27. The molecule has 1 aromatic carbocycles. The molecule has 0 bridgehead atoms. The molecule has 3 aromatic rings. The summed E-state index contributed by atoms with van der Waals surface area (Å²) in [7, 11) is 0. The first-order valence-electron chi connectivity index (χ1n) is 7.88. The van der Waals surface area contributed by atoms with Crippen LogP contribution in [0.2, 0.25) is 0 Å². The molecule has 1 unspecified atom stereocenters. The van der Waals surface area contributed by atoms with Crippen molar-refractivity contribution in [3.8, 4) is 5.75 Å². The Hall–Kier alpha value is -2.61. The van der Waals surface area contributed by atoms with Gasteiger partial charge in [0.1, 0.15) is 22.2 Å². The quantitative estimate of drug-likeness (QED) is 0.593. The number of hydrogen-bond acceptors (Lipinski definition) is 5. The van der Waals surface area contributed by atoms with Crippen LogP contribution < -0.4 is 10.3 Å². The van der Waals surface area contributed by atoms with Crippen LogP contribution in [0.25, 0.3) is 11.0 Å². The minimum absolute atomic E-state index is 0.113. The van der Waals surface area contributed by atoms with E-state index < -0.39 is 17.4 Å². The van der Waals surface area contributed by atoms with Crippen LogP contribution in [0.3, 0.4) is 0 Å². The summed E-state index contributed by atoms with van der Waals surface area (Å²) in [6.07, 6.45) is 1.27. The molecule has 0 aliphatic heterocycles. The molecular weight excluding hydrogens is 405 g/mol. The van der Waals surface area contributed by atoms with E-state index in [4.69, 9.17) is 4.74 Å². The molecule has 2 heterocycles. The third-order valence-electron chi connectivity index (χ3n) is 3.83. The topological polar surface area (TPSA) is 74.1 Å². The molecule has 3 rings (SSSR count). The summed E-state index contributed by atoms with van der Waals surface area (Å²) in [6, 6.07) is 6.12. The van der Waals surface area contributed by atoms with E-state index in [0.29, 0.717) is 22.5 Å². The summed E-state index contributed by atoms with van der Waals surface area (Å²) >= 11 is 3.22. The molecule has 0 spiro atoms. The Morgan fingerprint density at radius 2 is 2.12 bits per heavy atom. The van der Waals surface area contributed by atoms with Gasteiger partial charge in [-0.25, -0.2) is 14.4 Å². The zero-order chi connectivity index (χ0) is 18.8. The normalized spacial score (nSPS) is 12.2. The van der Waals surface area contributed by atoms with Crippen molar-refractivity contribution in [3.05, 3.63) is 63.0 Å². The number of ketones is 1. The highest BCUT2D eigenvalue weighted by atomic mass is 79.9. The highest BCUT2D eigenvalue weighted by Crippen LogP contribution is 2.29. The van der Waals surface area contributed by atoms with Crippen LogP contribution in [0, 0.1) is 5.82 Å². The minimum atomic E-state index is -1.07. The Balaban J connectivity index is 2.27. The van der Waals surface area contributed by atoms with Crippen molar-refractivity contribution in [1.29, 1.82) is 0 Å². The molecule has 134 valence electrons. The van der Waals surface area contributed by atoms with Crippen molar-refractivity contribution in [2.45, 2.75) is 19.9 Å². The van der Waals surface area contributed by atoms with Crippen LogP contribution in [0.1, 0.15) is 25.5 Å². The Kier molecular flexibility index (Phi) is 5.13. The average Bonchev–Trinajstić information content (AvgIpc) is 2.60. The van der Waals surface area contributed by atoms with Crippen LogP contribution in [0.5, 0.6) is 5.75 Å². The summed E-state index contributed by atoms with van der Waals surface area (Å²) in [4.78, 5) is 33.6. The van der Waals surface area contributed by atoms with Gasteiger partial charge in [-0.2, -0.15) is 0 Å². The zero-order valence-electron chi connectivity index (χ0n) is 14.1. The second kappa shape index (κ2) is 7.33. The monoisotopic (exact) mass is 419 g/mol. The van der Waals surface area contributed by atoms with E-state index in [-0.39, 0.29) is 16.9 Å². The van der Waals surface area contributed by atoms with Gasteiger partial charge in [0, 0.05) is 5.56 Å². The van der Waals surface area contributed by atoms with Crippen LogP contribution in [-0.2, 0) is 4.79 Å². The number of halogens is 2. The maximum absolute atomic E-state index is 13.8. The Morgan fingerprint density at radius 1 is 1.35 bits per heavy atom. The van der Waals surface area contributed by atoms with E-state index in [1.165, 1.54) is 31.5 Å². The lowest BCUT2D eigenvalue weighted by atomic mass is 10.0. The second-order valence-corrected chi connectivity index (χ2v) is 6.40. The van der Waals surface area contributed by atoms with Gasteiger partial charge in [0.25, 0.3) is 5.56 Å². The standard InChI is InChI=1S/C18H15BrFN3O3/c1-3-26-14-6-4-11(20)8-12(14)17(10(2)24)23-9-21-13-5-7-15(19)22-16(13)18(23)25/h4-9,17H,3H2,1-2H3. The molecule has 0 saturated carbocycles. The molecule has 0 saturated heterocycles. The number of hydrogen-bond donors (Lipinski definition) is 0. The molecule has 0 radical (unpaired) electrons. The van der Waals surface area contributed by atoms with Crippen LogP contribution in [0.15, 0.2) is 46.1 Å². The molecule has 8 heteroatoms. The highest BCUT2D eigenvalue weighted by Gasteiger charge is 2.25. The van der Waals surface area contributed by atoms with E-state index in [9.17, 15) is 14.0 Å². The lowest BCUT2D eigenvalue weighted by Crippen LogP contribution is -2.31. The number of pyridine rings is 1. The fourth-order valence-electron chi connectivity index (χ4n) is 2.76. The second-order valence-electron chi connectivity index (χ2n) is 5.59. The van der Waals surface area contributed by atoms with Crippen LogP contribution >= 0.6 is 15.9 Å². The van der Waals surface area contributed by atoms with Gasteiger partial charge in [-0.1, -0.05) is 0 Å². The Labute approximate surface area is 156 Å². The third kappa shape index (κ3) is 3.37. The molecule has 0 aliphatic rings. The SMILES string of the molecule is CCOc1ccc(F)cc1C(C(C)=O)n1cnc2ccc(Br)nc2c1=O. The van der Waals surface area contributed by atoms with E-state index >= 15 is 0 Å². The molecule has 6 nitrogen and oxygen atoms in total. The average molecular weight is 420 g/mol. The molecule has 0 N–H and O–H groups in total. The first-order valence-corrected chi connectivity index (χ1v) is 8.67. The number of Topliss-reactive ketones (excluding diaryl/α,β-unsaturated/α-hetero) is 1. The van der Waals surface area contributed by atoms with Gasteiger partial charge in [-0.3, -0.25) is 14.2 Å². The molecule has 0 amide bonds. The van der Waals surface area contributed by atoms with Crippen molar-refractivity contribution in [1.82, 2.24) is 14.5 Å². The van der Waals surface area contributed by atoms with E-state index in [1.807, 2.05) is 0 Å². The first-order chi connectivity index (χ1) is 12.4. The molecule has 1 atom stereocenters. The number of nitrogens with zero attached hydrogens (tertiary/aromatic N) is 3. The first kappa shape index (κ1) is 18.2. The van der Waals surface area contributed by atoms with Gasteiger partial charge in [0.05, 0.1) is 18.5 Å². The van der Waals surface area contributed by atoms with Crippen LogP contribution in [-0.4, -0.2) is 26.9 Å². The van der Waals surface area contributed by atoms with Crippen molar-refractivity contribution < 1.29 is 13.9 Å². The van der Waals surface area contributed by atoms with Crippen LogP contribution in [0.4, 0.5) is 4.39 Å². The molecule has 26 heavy (non-hydrogen) atoms. The summed E-state index contributed by atoms with van der Waals surface area (Å²) < 4.78 is 21.0. The van der Waals surface area contributed by atoms with E-state index in [1.54, 1.807) is 19.1 Å². The molecule has 0 fully saturated rings. The summed E-state index contributed by atoms with van der Waals surface area (Å²) in [5.74, 6) is -0.546. The third-order valence-corrected chi connectivity index (χ3v) is 4.27. The summed E-state index contributed by atoms with van der Waals surface area (Å²) in [6.45, 7) is 3.44. The number of carbonyl (C=O) groups excluding carboxylic acids is 1. The fraction of sp³-hybridized carbons (Fsp3) is 0.222. The highest BCUT2D eigenvalue weighted by molar-refractivity contribution is 9.10. The number of carbonyl (C=O) groups is 1. The van der Waals surface area contributed by atoms with Gasteiger partial charge in [-0.05, 0) is 60.1 Å². The van der Waals surface area contributed by atoms with Crippen molar-refractivity contribution in [3.63, 3.8) is 0 Å². The summed E-state index contributed by atoms with van der Waals surface area (Å²) in [5.41, 5.74) is 0.282. The Bertz CT molecular complexity index is 1050. The molecule has 2 aromatic heterocycles. The zero-order valence-corrected chi connectivity index (χ0v) is 15.7. The molecule has 0 aliphatic carbocycles. The predicted molar refractivity (Wildman–Crippen MR) is 97.9 cm³/mol. The van der Waals surface area contributed by atoms with Gasteiger partial charge in [0.2, 0.25) is 0 Å². The molecular formula is C18H15BrFN3O3. The lowest BCUT2D eigenvalue weighted by Gasteiger charge is -2.20. The van der Waals surface area contributed by atoms with Crippen molar-refractivity contribution in [2.75, 3.05) is 6.61 Å². The van der Waals surface area contributed by atoms with Gasteiger partial charge in [0.15, 0.2) is 11.3 Å². The fourth-order valence-corrected chi connectivity index (χ4v) is 3.07. The van der Waals surface area contributed by atoms with Gasteiger partial charge < -0.3 is 4.74 Å². The largest absolute Gasteiger partial charge is 0.493 e. The smallest absolute Gasteiger partial charge is 0.280 e. The van der Waals surface area contributed by atoms with E-state index in [2.05, 4.69) is 25.9 Å². The van der Waals surface area contributed by atoms with Gasteiger partial charge >= 0.3 is 0 Å².